The number of nitrogens with zero attached hydrogens (tertiary/aromatic N) is 1. The van der Waals surface area contributed by atoms with Crippen LogP contribution in [0.3, 0.4) is 0 Å². The quantitative estimate of drug-likeness (QED) is 0.732. The standard InChI is InChI=1S/C20H23NO5/c1-12-5-7-13(8-6-12)20-21-15(11-26-20)18(22)14-9-16(23-2)19(25-4)17(10-14)24-3/h5,7-10,12,15H,6,11H2,1-4H3. The zero-order valence-corrected chi connectivity index (χ0v) is 15.4. The van der Waals surface area contributed by atoms with E-state index in [2.05, 4.69) is 24.1 Å². The number of carbonyl (C=O) groups excluding carboxylic acids is 1. The number of aliphatic imine (C=N–C) groups is 1. The Labute approximate surface area is 153 Å². The van der Waals surface area contributed by atoms with E-state index in [0.717, 1.165) is 12.0 Å². The van der Waals surface area contributed by atoms with Crippen LogP contribution in [0.15, 0.2) is 40.9 Å². The molecule has 2 aliphatic rings. The lowest BCUT2D eigenvalue weighted by atomic mass is 9.98. The number of allylic oxidation sites excluding steroid dienone is 2. The van der Waals surface area contributed by atoms with Crippen molar-refractivity contribution in [3.05, 3.63) is 41.5 Å². The highest BCUT2D eigenvalue weighted by Crippen LogP contribution is 2.38. The number of benzene rings is 1. The van der Waals surface area contributed by atoms with Crippen molar-refractivity contribution in [2.24, 2.45) is 10.9 Å². The van der Waals surface area contributed by atoms with Crippen LogP contribution in [0.2, 0.25) is 0 Å². The average Bonchev–Trinajstić information content (AvgIpc) is 3.16. The fourth-order valence-electron chi connectivity index (χ4n) is 2.97. The minimum atomic E-state index is -0.582. The van der Waals surface area contributed by atoms with E-state index in [0.29, 0.717) is 34.6 Å². The number of ether oxygens (including phenoxy) is 4. The Hall–Kier alpha value is -2.76. The predicted octanol–water partition coefficient (Wildman–Crippen LogP) is 3.21. The number of carbonyl (C=O) groups is 1. The molecule has 0 N–H and O–H groups in total. The van der Waals surface area contributed by atoms with E-state index in [1.807, 2.05) is 6.08 Å². The van der Waals surface area contributed by atoms with Crippen molar-refractivity contribution in [3.8, 4) is 17.2 Å². The minimum absolute atomic E-state index is 0.145. The summed E-state index contributed by atoms with van der Waals surface area (Å²) in [4.78, 5) is 17.4. The summed E-state index contributed by atoms with van der Waals surface area (Å²) in [5.74, 6) is 2.21. The van der Waals surface area contributed by atoms with E-state index in [1.54, 1.807) is 12.1 Å². The van der Waals surface area contributed by atoms with Crippen LogP contribution >= 0.6 is 0 Å². The van der Waals surface area contributed by atoms with Crippen molar-refractivity contribution >= 4 is 11.7 Å². The molecule has 2 unspecified atom stereocenters. The van der Waals surface area contributed by atoms with E-state index in [9.17, 15) is 4.79 Å². The first-order valence-electron chi connectivity index (χ1n) is 8.51. The Balaban J connectivity index is 1.85. The first kappa shape index (κ1) is 18.0. The Kier molecular flexibility index (Phi) is 5.30. The summed E-state index contributed by atoms with van der Waals surface area (Å²) < 4.78 is 21.6. The van der Waals surface area contributed by atoms with Crippen LogP contribution in [0.25, 0.3) is 0 Å². The Morgan fingerprint density at radius 3 is 2.38 bits per heavy atom. The van der Waals surface area contributed by atoms with Gasteiger partial charge in [-0.1, -0.05) is 25.2 Å². The number of ketones is 1. The highest BCUT2D eigenvalue weighted by atomic mass is 16.5. The maximum absolute atomic E-state index is 12.9. The van der Waals surface area contributed by atoms with Gasteiger partial charge in [0.1, 0.15) is 6.61 Å². The van der Waals surface area contributed by atoms with Gasteiger partial charge in [-0.15, -0.1) is 0 Å². The minimum Gasteiger partial charge on any atom is -0.493 e. The molecule has 6 heteroatoms. The number of hydrogen-bond donors (Lipinski definition) is 0. The van der Waals surface area contributed by atoms with Crippen molar-refractivity contribution < 1.29 is 23.7 Å². The van der Waals surface area contributed by atoms with E-state index < -0.39 is 6.04 Å². The molecule has 0 saturated carbocycles. The molecule has 138 valence electrons. The van der Waals surface area contributed by atoms with Crippen molar-refractivity contribution in [2.75, 3.05) is 27.9 Å². The number of methoxy groups -OCH3 is 3. The van der Waals surface area contributed by atoms with E-state index in [-0.39, 0.29) is 12.4 Å². The third-order valence-corrected chi connectivity index (χ3v) is 4.46. The molecule has 0 radical (unpaired) electrons. The molecule has 0 spiro atoms. The molecule has 6 nitrogen and oxygen atoms in total. The van der Waals surface area contributed by atoms with E-state index in [1.165, 1.54) is 21.3 Å². The first-order chi connectivity index (χ1) is 12.6. The summed E-state index contributed by atoms with van der Waals surface area (Å²) in [6.07, 6.45) is 7.16. The van der Waals surface area contributed by atoms with Gasteiger partial charge in [0, 0.05) is 11.1 Å². The molecule has 26 heavy (non-hydrogen) atoms. The van der Waals surface area contributed by atoms with Gasteiger partial charge in [0.05, 0.1) is 21.3 Å². The first-order valence-corrected chi connectivity index (χ1v) is 8.51. The summed E-state index contributed by atoms with van der Waals surface area (Å²) in [5, 5.41) is 0. The topological polar surface area (TPSA) is 66.4 Å². The van der Waals surface area contributed by atoms with Gasteiger partial charge in [0.2, 0.25) is 11.6 Å². The van der Waals surface area contributed by atoms with Gasteiger partial charge in [-0.2, -0.15) is 0 Å². The molecule has 0 aromatic heterocycles. The SMILES string of the molecule is COc1cc(C(=O)C2COC(C3=CCC(C)C=C3)=N2)cc(OC)c1OC. The molecule has 1 aromatic carbocycles. The van der Waals surface area contributed by atoms with Crippen LogP contribution in [0, 0.1) is 5.92 Å². The maximum Gasteiger partial charge on any atom is 0.216 e. The van der Waals surface area contributed by atoms with Crippen molar-refractivity contribution in [1.29, 1.82) is 0 Å². The predicted molar refractivity (Wildman–Crippen MR) is 98.6 cm³/mol. The Morgan fingerprint density at radius 1 is 1.15 bits per heavy atom. The number of hydrogen-bond acceptors (Lipinski definition) is 6. The second-order valence-electron chi connectivity index (χ2n) is 6.27. The smallest absolute Gasteiger partial charge is 0.216 e. The lowest BCUT2D eigenvalue weighted by Gasteiger charge is -2.14. The van der Waals surface area contributed by atoms with Crippen LogP contribution in [-0.2, 0) is 4.74 Å². The third-order valence-electron chi connectivity index (χ3n) is 4.46. The summed E-state index contributed by atoms with van der Waals surface area (Å²) in [6, 6.07) is 2.69. The van der Waals surface area contributed by atoms with Crippen LogP contribution in [-0.4, -0.2) is 45.7 Å². The van der Waals surface area contributed by atoms with Crippen molar-refractivity contribution in [1.82, 2.24) is 0 Å². The fourth-order valence-corrected chi connectivity index (χ4v) is 2.97. The summed E-state index contributed by atoms with van der Waals surface area (Å²) >= 11 is 0. The highest BCUT2D eigenvalue weighted by Gasteiger charge is 2.29. The molecule has 1 aliphatic carbocycles. The zero-order valence-electron chi connectivity index (χ0n) is 15.4. The summed E-state index contributed by atoms with van der Waals surface area (Å²) in [5.41, 5.74) is 1.38. The Bertz CT molecular complexity index is 768. The summed E-state index contributed by atoms with van der Waals surface area (Å²) in [6.45, 7) is 2.38. The van der Waals surface area contributed by atoms with E-state index >= 15 is 0 Å². The van der Waals surface area contributed by atoms with Crippen LogP contribution in [0.5, 0.6) is 17.2 Å². The van der Waals surface area contributed by atoms with Crippen LogP contribution in [0.1, 0.15) is 23.7 Å². The molecule has 0 amide bonds. The van der Waals surface area contributed by atoms with Gasteiger partial charge >= 0.3 is 0 Å². The molecule has 0 bridgehead atoms. The van der Waals surface area contributed by atoms with Crippen molar-refractivity contribution in [3.63, 3.8) is 0 Å². The van der Waals surface area contributed by atoms with Crippen molar-refractivity contribution in [2.45, 2.75) is 19.4 Å². The lowest BCUT2D eigenvalue weighted by molar-refractivity contribution is 0.0947. The second kappa shape index (κ2) is 7.64. The molecular weight excluding hydrogens is 334 g/mol. The molecule has 0 saturated heterocycles. The second-order valence-corrected chi connectivity index (χ2v) is 6.27. The van der Waals surface area contributed by atoms with Gasteiger partial charge in [0.15, 0.2) is 23.3 Å². The van der Waals surface area contributed by atoms with E-state index in [4.69, 9.17) is 18.9 Å². The summed E-state index contributed by atoms with van der Waals surface area (Å²) in [7, 11) is 4.56. The molecule has 1 heterocycles. The molecule has 0 fully saturated rings. The molecular formula is C20H23NO5. The third kappa shape index (κ3) is 3.45. The van der Waals surface area contributed by atoms with Gasteiger partial charge < -0.3 is 18.9 Å². The molecule has 3 rings (SSSR count). The monoisotopic (exact) mass is 357 g/mol. The Morgan fingerprint density at radius 2 is 1.85 bits per heavy atom. The molecule has 2 atom stereocenters. The number of rotatable bonds is 6. The lowest BCUT2D eigenvalue weighted by Crippen LogP contribution is -2.20. The molecule has 1 aromatic rings. The highest BCUT2D eigenvalue weighted by molar-refractivity contribution is 6.06. The van der Waals surface area contributed by atoms with Crippen LogP contribution in [0.4, 0.5) is 0 Å². The normalized spacial score (nSPS) is 21.5. The number of Topliss-reactive ketones (excluding diaryl/α,β-unsaturated/α-hetero) is 1. The van der Waals surface area contributed by atoms with Gasteiger partial charge in [-0.05, 0) is 24.5 Å². The average molecular weight is 357 g/mol. The maximum atomic E-state index is 12.9. The fraction of sp³-hybridized carbons (Fsp3) is 0.400. The van der Waals surface area contributed by atoms with Gasteiger partial charge in [-0.25, -0.2) is 4.99 Å². The van der Waals surface area contributed by atoms with Gasteiger partial charge in [0.25, 0.3) is 0 Å². The largest absolute Gasteiger partial charge is 0.493 e. The van der Waals surface area contributed by atoms with Crippen LogP contribution < -0.4 is 14.2 Å². The molecule has 1 aliphatic heterocycles. The zero-order chi connectivity index (χ0) is 18.7. The van der Waals surface area contributed by atoms with Gasteiger partial charge in [-0.3, -0.25) is 4.79 Å².